The first kappa shape index (κ1) is 18.2. The summed E-state index contributed by atoms with van der Waals surface area (Å²) in [5.41, 5.74) is 4.52. The van der Waals surface area contributed by atoms with E-state index in [0.29, 0.717) is 11.4 Å². The van der Waals surface area contributed by atoms with Crippen molar-refractivity contribution < 1.29 is 4.79 Å². The fourth-order valence-corrected chi connectivity index (χ4v) is 3.49. The quantitative estimate of drug-likeness (QED) is 0.520. The third kappa shape index (κ3) is 3.24. The molecule has 0 saturated heterocycles. The maximum absolute atomic E-state index is 12.8. The number of hydrogen-bond acceptors (Lipinski definition) is 3. The number of fused-ring (bicyclic) bond motifs is 2. The van der Waals surface area contributed by atoms with E-state index in [9.17, 15) is 4.79 Å². The van der Waals surface area contributed by atoms with Crippen LogP contribution in [0.3, 0.4) is 0 Å². The second-order valence-corrected chi connectivity index (χ2v) is 7.20. The van der Waals surface area contributed by atoms with Crippen molar-refractivity contribution in [2.24, 2.45) is 0 Å². The van der Waals surface area contributed by atoms with Crippen molar-refractivity contribution in [2.45, 2.75) is 40.2 Å². The first-order chi connectivity index (χ1) is 13.6. The molecule has 2 heterocycles. The molecule has 0 radical (unpaired) electrons. The van der Waals surface area contributed by atoms with Crippen molar-refractivity contribution in [3.8, 4) is 0 Å². The maximum atomic E-state index is 12.8. The highest BCUT2D eigenvalue weighted by Gasteiger charge is 2.17. The Morgan fingerprint density at radius 2 is 1.86 bits per heavy atom. The van der Waals surface area contributed by atoms with E-state index in [1.807, 2.05) is 48.0 Å². The lowest BCUT2D eigenvalue weighted by atomic mass is 10.1. The highest BCUT2D eigenvalue weighted by atomic mass is 16.1. The minimum Gasteiger partial charge on any atom is -0.304 e. The van der Waals surface area contributed by atoms with Crippen LogP contribution in [0, 0.1) is 13.8 Å². The van der Waals surface area contributed by atoms with Crippen LogP contribution in [-0.4, -0.2) is 20.7 Å². The fourth-order valence-electron chi connectivity index (χ4n) is 3.49. The summed E-state index contributed by atoms with van der Waals surface area (Å²) in [6.07, 6.45) is 2.08. The van der Waals surface area contributed by atoms with Gasteiger partial charge in [-0.15, -0.1) is 0 Å². The Bertz CT molecular complexity index is 1180. The van der Waals surface area contributed by atoms with Crippen molar-refractivity contribution in [2.75, 3.05) is 5.32 Å². The molecule has 1 N–H and O–H groups in total. The molecule has 142 valence electrons. The van der Waals surface area contributed by atoms with Crippen LogP contribution in [0.5, 0.6) is 0 Å². The van der Waals surface area contributed by atoms with Gasteiger partial charge in [-0.3, -0.25) is 4.79 Å². The average Bonchev–Trinajstić information content (AvgIpc) is 3.02. The molecule has 5 heteroatoms. The predicted molar refractivity (Wildman–Crippen MR) is 114 cm³/mol. The van der Waals surface area contributed by atoms with Crippen molar-refractivity contribution in [3.63, 3.8) is 0 Å². The molecule has 2 aromatic heterocycles. The van der Waals surface area contributed by atoms with Crippen molar-refractivity contribution in [1.82, 2.24) is 14.8 Å². The van der Waals surface area contributed by atoms with Gasteiger partial charge in [0.1, 0.15) is 0 Å². The van der Waals surface area contributed by atoms with E-state index in [2.05, 4.69) is 31.3 Å². The zero-order valence-corrected chi connectivity index (χ0v) is 16.5. The summed E-state index contributed by atoms with van der Waals surface area (Å²) in [6.45, 7) is 6.93. The molecule has 5 nitrogen and oxygen atoms in total. The summed E-state index contributed by atoms with van der Waals surface area (Å²) >= 11 is 0. The van der Waals surface area contributed by atoms with Crippen LogP contribution in [0.1, 0.15) is 41.3 Å². The molecule has 0 fully saturated rings. The molecule has 0 bridgehead atoms. The molecule has 0 atom stereocenters. The molecular weight excluding hydrogens is 348 g/mol. The minimum absolute atomic E-state index is 0.149. The van der Waals surface area contributed by atoms with Gasteiger partial charge in [0.05, 0.1) is 10.9 Å². The van der Waals surface area contributed by atoms with Gasteiger partial charge in [-0.05, 0) is 43.5 Å². The molecular formula is C23H24N4O. The highest BCUT2D eigenvalue weighted by Crippen LogP contribution is 2.28. The molecule has 0 aliphatic carbocycles. The van der Waals surface area contributed by atoms with Crippen LogP contribution in [0.15, 0.2) is 48.5 Å². The van der Waals surface area contributed by atoms with Gasteiger partial charge in [0.2, 0.25) is 0 Å². The van der Waals surface area contributed by atoms with E-state index in [-0.39, 0.29) is 5.91 Å². The standard InChI is InChI=1S/C23H24N4O/c1-4-5-13-27-22-19(14-17-11-8-10-16(3)20(17)24-22)21(26-27)25-23(28)18-12-7-6-9-15(18)2/h6-12,14H,4-5,13H2,1-3H3,(H,25,26,28). The number of hydrogen-bond donors (Lipinski definition) is 1. The first-order valence-corrected chi connectivity index (χ1v) is 9.72. The normalized spacial score (nSPS) is 11.2. The second kappa shape index (κ2) is 7.43. The van der Waals surface area contributed by atoms with E-state index >= 15 is 0 Å². The number of pyridine rings is 1. The number of aryl methyl sites for hydroxylation is 3. The molecule has 0 aliphatic rings. The largest absolute Gasteiger partial charge is 0.304 e. The molecule has 1 amide bonds. The Morgan fingerprint density at radius 1 is 1.07 bits per heavy atom. The molecule has 2 aromatic carbocycles. The van der Waals surface area contributed by atoms with Gasteiger partial charge in [-0.25, -0.2) is 9.67 Å². The van der Waals surface area contributed by atoms with Gasteiger partial charge in [-0.1, -0.05) is 49.7 Å². The lowest BCUT2D eigenvalue weighted by Gasteiger charge is -2.06. The molecule has 0 spiro atoms. The van der Waals surface area contributed by atoms with Gasteiger partial charge in [0.15, 0.2) is 11.5 Å². The van der Waals surface area contributed by atoms with Gasteiger partial charge in [0, 0.05) is 17.5 Å². The number of nitrogens with zero attached hydrogens (tertiary/aromatic N) is 3. The number of carbonyl (C=O) groups is 1. The number of aromatic nitrogens is 3. The zero-order chi connectivity index (χ0) is 19.7. The molecule has 0 saturated carbocycles. The zero-order valence-electron chi connectivity index (χ0n) is 16.5. The molecule has 4 aromatic rings. The summed E-state index contributed by atoms with van der Waals surface area (Å²) in [5.74, 6) is 0.416. The summed E-state index contributed by atoms with van der Waals surface area (Å²) in [5, 5.41) is 9.63. The van der Waals surface area contributed by atoms with Crippen LogP contribution < -0.4 is 5.32 Å². The van der Waals surface area contributed by atoms with E-state index in [0.717, 1.165) is 52.4 Å². The van der Waals surface area contributed by atoms with Gasteiger partial charge < -0.3 is 5.32 Å². The lowest BCUT2D eigenvalue weighted by molar-refractivity contribution is 0.102. The van der Waals surface area contributed by atoms with Crippen LogP contribution in [0.2, 0.25) is 0 Å². The molecule has 4 rings (SSSR count). The van der Waals surface area contributed by atoms with Gasteiger partial charge in [-0.2, -0.15) is 5.10 Å². The fraction of sp³-hybridized carbons (Fsp3) is 0.261. The maximum Gasteiger partial charge on any atom is 0.257 e. The average molecular weight is 372 g/mol. The van der Waals surface area contributed by atoms with Crippen LogP contribution >= 0.6 is 0 Å². The Hall–Kier alpha value is -3.21. The van der Waals surface area contributed by atoms with Gasteiger partial charge >= 0.3 is 0 Å². The van der Waals surface area contributed by atoms with Crippen LogP contribution in [-0.2, 0) is 6.54 Å². The summed E-state index contributed by atoms with van der Waals surface area (Å²) in [7, 11) is 0. The summed E-state index contributed by atoms with van der Waals surface area (Å²) in [6, 6.07) is 15.8. The van der Waals surface area contributed by atoms with E-state index < -0.39 is 0 Å². The summed E-state index contributed by atoms with van der Waals surface area (Å²) in [4.78, 5) is 17.7. The molecule has 0 unspecified atom stereocenters. The predicted octanol–water partition coefficient (Wildman–Crippen LogP) is 5.25. The van der Waals surface area contributed by atoms with Crippen LogP contribution in [0.25, 0.3) is 21.9 Å². The number of unbranched alkanes of at least 4 members (excludes halogenated alkanes) is 1. The minimum atomic E-state index is -0.149. The van der Waals surface area contributed by atoms with E-state index in [4.69, 9.17) is 10.1 Å². The van der Waals surface area contributed by atoms with Crippen LogP contribution in [0.4, 0.5) is 5.82 Å². The van der Waals surface area contributed by atoms with E-state index in [1.54, 1.807) is 0 Å². The second-order valence-electron chi connectivity index (χ2n) is 7.20. The van der Waals surface area contributed by atoms with Crippen molar-refractivity contribution in [1.29, 1.82) is 0 Å². The highest BCUT2D eigenvalue weighted by molar-refractivity contribution is 6.09. The topological polar surface area (TPSA) is 59.8 Å². The third-order valence-electron chi connectivity index (χ3n) is 5.09. The Labute approximate surface area is 164 Å². The number of anilines is 1. The van der Waals surface area contributed by atoms with E-state index in [1.165, 1.54) is 0 Å². The number of benzene rings is 2. The first-order valence-electron chi connectivity index (χ1n) is 9.72. The third-order valence-corrected chi connectivity index (χ3v) is 5.09. The lowest BCUT2D eigenvalue weighted by Crippen LogP contribution is -2.14. The monoisotopic (exact) mass is 372 g/mol. The molecule has 0 aliphatic heterocycles. The Balaban J connectivity index is 1.83. The van der Waals surface area contributed by atoms with Gasteiger partial charge in [0.25, 0.3) is 5.91 Å². The SMILES string of the molecule is CCCCn1nc(NC(=O)c2ccccc2C)c2cc3cccc(C)c3nc21. The number of rotatable bonds is 5. The van der Waals surface area contributed by atoms with Crippen molar-refractivity contribution in [3.05, 3.63) is 65.2 Å². The Morgan fingerprint density at radius 3 is 2.64 bits per heavy atom. The smallest absolute Gasteiger partial charge is 0.257 e. The number of nitrogens with one attached hydrogen (secondary N) is 1. The Kier molecular flexibility index (Phi) is 4.82. The number of carbonyl (C=O) groups excluding carboxylic acids is 1. The molecule has 28 heavy (non-hydrogen) atoms. The van der Waals surface area contributed by atoms with Crippen molar-refractivity contribution >= 4 is 33.7 Å². The summed E-state index contributed by atoms with van der Waals surface area (Å²) < 4.78 is 1.91. The number of para-hydroxylation sites is 1. The number of amides is 1.